The zero-order valence-electron chi connectivity index (χ0n) is 5.81. The van der Waals surface area contributed by atoms with Gasteiger partial charge in [0.2, 0.25) is 5.88 Å². The summed E-state index contributed by atoms with van der Waals surface area (Å²) in [5.74, 6) is 0.222. The first-order valence-corrected chi connectivity index (χ1v) is 2.78. The van der Waals surface area contributed by atoms with E-state index in [1.807, 2.05) is 0 Å². The third-order valence-corrected chi connectivity index (χ3v) is 1.09. The van der Waals surface area contributed by atoms with Gasteiger partial charge in [0.05, 0.1) is 7.11 Å². The average molecular weight is 157 g/mol. The van der Waals surface area contributed by atoms with Gasteiger partial charge in [-0.1, -0.05) is 0 Å². The monoisotopic (exact) mass is 157 g/mol. The smallest absolute Gasteiger partial charge is 0.435 e. The number of hydrogen-bond acceptors (Lipinski definition) is 4. The molecule has 3 N–H and O–H groups in total. The molecule has 0 spiro atoms. The number of carbonyl (C=O) groups is 1. The second-order valence-electron chi connectivity index (χ2n) is 1.81. The van der Waals surface area contributed by atoms with Gasteiger partial charge in [0, 0.05) is 6.07 Å². The Morgan fingerprint density at radius 2 is 2.55 bits per heavy atom. The highest BCUT2D eigenvalue weighted by molar-refractivity contribution is 5.69. The van der Waals surface area contributed by atoms with Crippen LogP contribution in [0.5, 0.6) is 5.88 Å². The lowest BCUT2D eigenvalue weighted by molar-refractivity contribution is 0.188. The van der Waals surface area contributed by atoms with Crippen LogP contribution < -0.4 is 10.5 Å². The van der Waals surface area contributed by atoms with Gasteiger partial charge in [0.15, 0.2) is 0 Å². The van der Waals surface area contributed by atoms with Crippen LogP contribution in [-0.4, -0.2) is 28.1 Å². The van der Waals surface area contributed by atoms with Gasteiger partial charge in [0.1, 0.15) is 5.82 Å². The van der Waals surface area contributed by atoms with E-state index in [0.29, 0.717) is 4.68 Å². The van der Waals surface area contributed by atoms with Crippen LogP contribution in [0.4, 0.5) is 10.6 Å². The molecule has 1 aromatic rings. The summed E-state index contributed by atoms with van der Waals surface area (Å²) in [6.45, 7) is 0. The van der Waals surface area contributed by atoms with Crippen molar-refractivity contribution >= 4 is 11.9 Å². The molecular formula is C5H7N3O3. The fraction of sp³-hybridized carbons (Fsp3) is 0.200. The topological polar surface area (TPSA) is 90.4 Å². The van der Waals surface area contributed by atoms with E-state index >= 15 is 0 Å². The standard InChI is InChI=1S/C5H7N3O3/c1-11-4-2-3(6)7-8(4)5(9)10/h2H,1H3,(H2,6,7)(H,9,10). The van der Waals surface area contributed by atoms with Crippen LogP contribution in [0.3, 0.4) is 0 Å². The van der Waals surface area contributed by atoms with Gasteiger partial charge in [-0.15, -0.1) is 9.78 Å². The highest BCUT2D eigenvalue weighted by Gasteiger charge is 2.10. The zero-order valence-corrected chi connectivity index (χ0v) is 5.81. The molecule has 0 saturated heterocycles. The molecule has 0 saturated carbocycles. The van der Waals surface area contributed by atoms with Crippen molar-refractivity contribution in [3.63, 3.8) is 0 Å². The number of nitrogens with two attached hydrogens (primary N) is 1. The first-order chi connectivity index (χ1) is 5.15. The maximum absolute atomic E-state index is 10.4. The largest absolute Gasteiger partial charge is 0.481 e. The summed E-state index contributed by atoms with van der Waals surface area (Å²) in [6, 6.07) is 1.33. The molecule has 0 aliphatic carbocycles. The van der Waals surface area contributed by atoms with E-state index in [2.05, 4.69) is 9.84 Å². The van der Waals surface area contributed by atoms with Crippen molar-refractivity contribution in [2.24, 2.45) is 0 Å². The number of nitrogen functional groups attached to an aromatic ring is 1. The first kappa shape index (κ1) is 7.39. The maximum Gasteiger partial charge on any atom is 0.435 e. The Bertz CT molecular complexity index is 281. The van der Waals surface area contributed by atoms with Crippen molar-refractivity contribution in [2.45, 2.75) is 0 Å². The van der Waals surface area contributed by atoms with Crippen molar-refractivity contribution in [3.05, 3.63) is 6.07 Å². The highest BCUT2D eigenvalue weighted by Crippen LogP contribution is 2.13. The van der Waals surface area contributed by atoms with Gasteiger partial charge in [-0.05, 0) is 0 Å². The zero-order chi connectivity index (χ0) is 8.43. The molecular weight excluding hydrogens is 150 g/mol. The number of ether oxygens (including phenoxy) is 1. The van der Waals surface area contributed by atoms with Crippen molar-refractivity contribution in [3.8, 4) is 5.88 Å². The Morgan fingerprint density at radius 3 is 2.91 bits per heavy atom. The lowest BCUT2D eigenvalue weighted by atomic mass is 10.6. The summed E-state index contributed by atoms with van der Waals surface area (Å²) in [4.78, 5) is 10.4. The van der Waals surface area contributed by atoms with Crippen molar-refractivity contribution in [2.75, 3.05) is 12.8 Å². The summed E-state index contributed by atoms with van der Waals surface area (Å²) in [5.41, 5.74) is 5.22. The molecule has 0 fully saturated rings. The van der Waals surface area contributed by atoms with Crippen molar-refractivity contribution in [1.82, 2.24) is 9.78 Å². The Balaban J connectivity index is 3.12. The molecule has 6 heteroatoms. The van der Waals surface area contributed by atoms with E-state index in [0.717, 1.165) is 0 Å². The molecule has 0 unspecified atom stereocenters. The molecule has 0 aliphatic rings. The number of hydrogen-bond donors (Lipinski definition) is 2. The van der Waals surface area contributed by atoms with Gasteiger partial charge >= 0.3 is 6.09 Å². The van der Waals surface area contributed by atoms with E-state index < -0.39 is 6.09 Å². The fourth-order valence-corrected chi connectivity index (χ4v) is 0.664. The molecule has 0 aromatic carbocycles. The van der Waals surface area contributed by atoms with E-state index in [1.54, 1.807) is 0 Å². The highest BCUT2D eigenvalue weighted by atomic mass is 16.5. The third-order valence-electron chi connectivity index (χ3n) is 1.09. The molecule has 0 radical (unpaired) electrons. The van der Waals surface area contributed by atoms with Crippen LogP contribution in [-0.2, 0) is 0 Å². The van der Waals surface area contributed by atoms with Crippen LogP contribution >= 0.6 is 0 Å². The molecule has 6 nitrogen and oxygen atoms in total. The van der Waals surface area contributed by atoms with Gasteiger partial charge < -0.3 is 15.6 Å². The number of methoxy groups -OCH3 is 1. The predicted molar refractivity (Wildman–Crippen MR) is 36.6 cm³/mol. The van der Waals surface area contributed by atoms with Gasteiger partial charge in [-0.25, -0.2) is 4.79 Å². The van der Waals surface area contributed by atoms with Gasteiger partial charge in [0.25, 0.3) is 0 Å². The van der Waals surface area contributed by atoms with Crippen LogP contribution in [0, 0.1) is 0 Å². The number of carboxylic acid groups (broad SMARTS) is 1. The molecule has 0 aliphatic heterocycles. The molecule has 0 bridgehead atoms. The van der Waals surface area contributed by atoms with E-state index in [9.17, 15) is 4.79 Å². The second kappa shape index (κ2) is 2.49. The number of aromatic nitrogens is 2. The van der Waals surface area contributed by atoms with E-state index in [-0.39, 0.29) is 11.7 Å². The molecule has 1 heterocycles. The first-order valence-electron chi connectivity index (χ1n) is 2.78. The molecule has 0 amide bonds. The Labute approximate surface area is 62.2 Å². The fourth-order valence-electron chi connectivity index (χ4n) is 0.664. The quantitative estimate of drug-likeness (QED) is 0.598. The normalized spacial score (nSPS) is 9.55. The van der Waals surface area contributed by atoms with Crippen molar-refractivity contribution < 1.29 is 14.6 Å². The van der Waals surface area contributed by atoms with E-state index in [1.165, 1.54) is 13.2 Å². The summed E-state index contributed by atoms with van der Waals surface area (Å²) < 4.78 is 5.33. The summed E-state index contributed by atoms with van der Waals surface area (Å²) in [7, 11) is 1.34. The van der Waals surface area contributed by atoms with Gasteiger partial charge in [-0.2, -0.15) is 0 Å². The summed E-state index contributed by atoms with van der Waals surface area (Å²) in [6.07, 6.45) is -1.22. The number of rotatable bonds is 1. The van der Waals surface area contributed by atoms with E-state index in [4.69, 9.17) is 10.8 Å². The van der Waals surface area contributed by atoms with Crippen molar-refractivity contribution in [1.29, 1.82) is 0 Å². The Kier molecular flexibility index (Phi) is 1.67. The summed E-state index contributed by atoms with van der Waals surface area (Å²) >= 11 is 0. The minimum atomic E-state index is -1.22. The molecule has 1 aromatic heterocycles. The SMILES string of the molecule is COc1cc(N)nn1C(=O)O. The number of nitrogens with zero attached hydrogens (tertiary/aromatic N) is 2. The van der Waals surface area contributed by atoms with Crippen LogP contribution in [0.15, 0.2) is 6.07 Å². The minimum absolute atomic E-state index is 0.106. The Morgan fingerprint density at radius 1 is 1.91 bits per heavy atom. The second-order valence-corrected chi connectivity index (χ2v) is 1.81. The Hall–Kier alpha value is -1.72. The minimum Gasteiger partial charge on any atom is -0.481 e. The van der Waals surface area contributed by atoms with Crippen LogP contribution in [0.25, 0.3) is 0 Å². The molecule has 60 valence electrons. The molecule has 1 rings (SSSR count). The molecule has 11 heavy (non-hydrogen) atoms. The lowest BCUT2D eigenvalue weighted by Crippen LogP contribution is -2.11. The maximum atomic E-state index is 10.4. The van der Waals surface area contributed by atoms with Crippen LogP contribution in [0.1, 0.15) is 0 Å². The van der Waals surface area contributed by atoms with Gasteiger partial charge in [-0.3, -0.25) is 0 Å². The third kappa shape index (κ3) is 1.23. The average Bonchev–Trinajstić information content (AvgIpc) is 2.30. The van der Waals surface area contributed by atoms with Crippen LogP contribution in [0.2, 0.25) is 0 Å². The predicted octanol–water partition coefficient (Wildman–Crippen LogP) is 0. The number of anilines is 1. The lowest BCUT2D eigenvalue weighted by Gasteiger charge is -1.97. The molecule has 0 atom stereocenters. The summed E-state index contributed by atoms with van der Waals surface area (Å²) in [5, 5.41) is 11.9.